The first-order valence-electron chi connectivity index (χ1n) is 9.88. The van der Waals surface area contributed by atoms with Crippen molar-refractivity contribution < 1.29 is 13.9 Å². The van der Waals surface area contributed by atoms with Crippen molar-refractivity contribution in [3.8, 4) is 6.07 Å². The predicted octanol–water partition coefficient (Wildman–Crippen LogP) is 5.44. The van der Waals surface area contributed by atoms with Gasteiger partial charge in [-0.3, -0.25) is 4.39 Å². The fourth-order valence-electron chi connectivity index (χ4n) is 3.22. The summed E-state index contributed by atoms with van der Waals surface area (Å²) in [5.41, 5.74) is 3.93. The van der Waals surface area contributed by atoms with Gasteiger partial charge in [0.25, 0.3) is 0 Å². The van der Waals surface area contributed by atoms with Gasteiger partial charge in [0, 0.05) is 13.1 Å². The van der Waals surface area contributed by atoms with E-state index in [9.17, 15) is 14.4 Å². The van der Waals surface area contributed by atoms with E-state index in [0.29, 0.717) is 19.3 Å². The van der Waals surface area contributed by atoms with E-state index in [1.54, 1.807) is 12.1 Å². The van der Waals surface area contributed by atoms with Crippen LogP contribution in [0, 0.1) is 11.3 Å². The smallest absolute Gasteiger partial charge is 0.338 e. The van der Waals surface area contributed by atoms with Gasteiger partial charge in [-0.15, -0.1) is 0 Å². The summed E-state index contributed by atoms with van der Waals surface area (Å²) in [6.45, 7) is 6.44. The van der Waals surface area contributed by atoms with Gasteiger partial charge in [-0.2, -0.15) is 5.26 Å². The van der Waals surface area contributed by atoms with E-state index in [1.165, 1.54) is 12.0 Å². The maximum absolute atomic E-state index is 11.9. The molecule has 1 aliphatic heterocycles. The minimum Gasteiger partial charge on any atom is -0.462 e. The Hall–Kier alpha value is -2.61. The summed E-state index contributed by atoms with van der Waals surface area (Å²) in [6, 6.07) is 11.4. The highest BCUT2D eigenvalue weighted by Crippen LogP contribution is 2.35. The Morgan fingerprint density at radius 2 is 1.89 bits per heavy atom. The molecular weight excluding hydrogens is 355 g/mol. The molecule has 1 heterocycles. The van der Waals surface area contributed by atoms with Crippen LogP contribution in [0.2, 0.25) is 0 Å². The lowest BCUT2D eigenvalue weighted by molar-refractivity contribution is 0.0493. The fraction of sp³-hybridized carbons (Fsp3) is 0.478. The number of benzene rings is 1. The molecule has 0 saturated heterocycles. The zero-order valence-corrected chi connectivity index (χ0v) is 17.2. The van der Waals surface area contributed by atoms with Gasteiger partial charge in [0.15, 0.2) is 0 Å². The molecule has 0 amide bonds. The second-order valence-corrected chi connectivity index (χ2v) is 6.52. The van der Waals surface area contributed by atoms with Gasteiger partial charge >= 0.3 is 5.97 Å². The largest absolute Gasteiger partial charge is 0.462 e. The molecule has 1 aliphatic carbocycles. The van der Waals surface area contributed by atoms with E-state index in [-0.39, 0.29) is 5.97 Å². The maximum atomic E-state index is 11.9. The highest BCUT2D eigenvalue weighted by atomic mass is 19.1. The lowest BCUT2D eigenvalue weighted by atomic mass is 9.97. The molecule has 0 bridgehead atoms. The molecule has 0 fully saturated rings. The highest BCUT2D eigenvalue weighted by molar-refractivity contribution is 5.89. The number of halogens is 1. The number of hydrogen-bond acceptors (Lipinski definition) is 4. The number of ether oxygens (including phenoxy) is 1. The standard InChI is InChI=1S/C19H20N2O2.C3H8.CH3F/c20-14-17-9-4-8-15-10-12-21(18(15)17)11-5-13-23-19(22)16-6-2-1-3-7-16;1-3-2;1-2/h1-3,6-7,9H,4-5,8,10-13H2;3H2,1-2H3;1H3. The van der Waals surface area contributed by atoms with Crippen molar-refractivity contribution in [2.45, 2.75) is 46.0 Å². The molecule has 1 aromatic rings. The van der Waals surface area contributed by atoms with Crippen LogP contribution in [0.15, 0.2) is 53.3 Å². The predicted molar refractivity (Wildman–Crippen MR) is 110 cm³/mol. The monoisotopic (exact) mass is 386 g/mol. The van der Waals surface area contributed by atoms with Crippen LogP contribution in [0.1, 0.15) is 56.3 Å². The molecule has 5 heteroatoms. The minimum atomic E-state index is -0.276. The molecular formula is C23H31FN2O2. The normalized spacial score (nSPS) is 14.5. The average Bonchev–Trinajstić information content (AvgIpc) is 3.17. The molecule has 0 atom stereocenters. The second-order valence-electron chi connectivity index (χ2n) is 6.52. The summed E-state index contributed by atoms with van der Waals surface area (Å²) in [5.74, 6) is -0.276. The Bertz CT molecular complexity index is 705. The molecule has 0 radical (unpaired) electrons. The average molecular weight is 387 g/mol. The Morgan fingerprint density at radius 3 is 2.54 bits per heavy atom. The highest BCUT2D eigenvalue weighted by Gasteiger charge is 2.26. The molecule has 2 aliphatic rings. The van der Waals surface area contributed by atoms with Gasteiger partial charge in [-0.05, 0) is 43.4 Å². The third-order valence-electron chi connectivity index (χ3n) is 4.32. The first-order chi connectivity index (χ1) is 13.7. The number of carbonyl (C=O) groups is 1. The molecule has 28 heavy (non-hydrogen) atoms. The Kier molecular flexibility index (Phi) is 11.3. The van der Waals surface area contributed by atoms with Gasteiger partial charge in [0.05, 0.1) is 30.6 Å². The summed E-state index contributed by atoms with van der Waals surface area (Å²) in [4.78, 5) is 14.1. The Balaban J connectivity index is 0.000000717. The van der Waals surface area contributed by atoms with Gasteiger partial charge in [-0.1, -0.05) is 44.5 Å². The molecule has 0 aromatic heterocycles. The summed E-state index contributed by atoms with van der Waals surface area (Å²) >= 11 is 0. The number of esters is 1. The summed E-state index contributed by atoms with van der Waals surface area (Å²) in [6.07, 6.45) is 7.16. The third kappa shape index (κ3) is 6.84. The van der Waals surface area contributed by atoms with Crippen LogP contribution in [-0.2, 0) is 4.74 Å². The van der Waals surface area contributed by atoms with Crippen LogP contribution in [0.5, 0.6) is 0 Å². The number of alkyl halides is 1. The van der Waals surface area contributed by atoms with Crippen molar-refractivity contribution in [1.29, 1.82) is 5.26 Å². The van der Waals surface area contributed by atoms with Crippen molar-refractivity contribution >= 4 is 5.97 Å². The lowest BCUT2D eigenvalue weighted by Crippen LogP contribution is -2.24. The third-order valence-corrected chi connectivity index (χ3v) is 4.32. The van der Waals surface area contributed by atoms with E-state index in [4.69, 9.17) is 4.74 Å². The van der Waals surface area contributed by atoms with E-state index in [2.05, 4.69) is 24.8 Å². The lowest BCUT2D eigenvalue weighted by Gasteiger charge is -2.23. The molecule has 1 aromatic carbocycles. The summed E-state index contributed by atoms with van der Waals surface area (Å²) < 4.78 is 14.8. The van der Waals surface area contributed by atoms with Crippen molar-refractivity contribution in [2.24, 2.45) is 0 Å². The van der Waals surface area contributed by atoms with Crippen LogP contribution >= 0.6 is 0 Å². The number of nitrogens with zero attached hydrogens (tertiary/aromatic N) is 2. The molecule has 0 saturated carbocycles. The zero-order chi connectivity index (χ0) is 20.8. The fourth-order valence-corrected chi connectivity index (χ4v) is 3.22. The van der Waals surface area contributed by atoms with Crippen molar-refractivity contribution in [1.82, 2.24) is 4.90 Å². The summed E-state index contributed by atoms with van der Waals surface area (Å²) in [7, 11) is 0.500. The van der Waals surface area contributed by atoms with Crippen LogP contribution < -0.4 is 0 Å². The first-order valence-corrected chi connectivity index (χ1v) is 9.88. The van der Waals surface area contributed by atoms with E-state index >= 15 is 0 Å². The van der Waals surface area contributed by atoms with Gasteiger partial charge in [0.1, 0.15) is 6.07 Å². The summed E-state index contributed by atoms with van der Waals surface area (Å²) in [5, 5.41) is 9.28. The van der Waals surface area contributed by atoms with Gasteiger partial charge < -0.3 is 9.64 Å². The quantitative estimate of drug-likeness (QED) is 0.499. The minimum absolute atomic E-state index is 0.276. The van der Waals surface area contributed by atoms with E-state index < -0.39 is 0 Å². The molecule has 0 N–H and O–H groups in total. The zero-order valence-electron chi connectivity index (χ0n) is 17.2. The molecule has 3 rings (SSSR count). The molecule has 4 nitrogen and oxygen atoms in total. The number of allylic oxidation sites excluding steroid dienone is 2. The molecule has 0 unspecified atom stereocenters. The number of nitriles is 1. The molecule has 152 valence electrons. The molecule has 0 spiro atoms. The van der Waals surface area contributed by atoms with Crippen LogP contribution in [0.4, 0.5) is 4.39 Å². The van der Waals surface area contributed by atoms with Crippen molar-refractivity contribution in [3.05, 3.63) is 58.8 Å². The van der Waals surface area contributed by atoms with Crippen LogP contribution in [0.3, 0.4) is 0 Å². The van der Waals surface area contributed by atoms with E-state index in [1.807, 2.05) is 24.3 Å². The number of carbonyl (C=O) groups excluding carboxylic acids is 1. The Morgan fingerprint density at radius 1 is 1.21 bits per heavy atom. The first kappa shape index (κ1) is 23.4. The SMILES string of the molecule is CCC.CF.N#CC1=CCCC2=C1N(CCCOC(=O)c1ccccc1)CC2. The maximum Gasteiger partial charge on any atom is 0.338 e. The van der Waals surface area contributed by atoms with Crippen molar-refractivity contribution in [2.75, 3.05) is 26.9 Å². The van der Waals surface area contributed by atoms with E-state index in [0.717, 1.165) is 50.0 Å². The van der Waals surface area contributed by atoms with Crippen molar-refractivity contribution in [3.63, 3.8) is 0 Å². The van der Waals surface area contributed by atoms with Gasteiger partial charge in [0.2, 0.25) is 0 Å². The second kappa shape index (κ2) is 13.5. The van der Waals surface area contributed by atoms with Crippen LogP contribution in [-0.4, -0.2) is 37.7 Å². The topological polar surface area (TPSA) is 53.3 Å². The number of rotatable bonds is 5. The van der Waals surface area contributed by atoms with Gasteiger partial charge in [-0.25, -0.2) is 4.79 Å². The van der Waals surface area contributed by atoms with Crippen LogP contribution in [0.25, 0.3) is 0 Å². The Labute approximate surface area is 168 Å². The number of hydrogen-bond donors (Lipinski definition) is 0.